The van der Waals surface area contributed by atoms with Crippen molar-refractivity contribution in [2.75, 3.05) is 4.90 Å². The van der Waals surface area contributed by atoms with E-state index < -0.39 is 0 Å². The number of nitrogens with one attached hydrogen (secondary N) is 1. The average molecular weight is 526 g/mol. The van der Waals surface area contributed by atoms with Crippen molar-refractivity contribution in [3.63, 3.8) is 0 Å². The number of aromatic nitrogens is 2. The van der Waals surface area contributed by atoms with Gasteiger partial charge in [-0.15, -0.1) is 0 Å². The predicted molar refractivity (Wildman–Crippen MR) is 135 cm³/mol. The van der Waals surface area contributed by atoms with E-state index in [1.165, 1.54) is 0 Å². The Kier molecular flexibility index (Phi) is 5.63. The van der Waals surface area contributed by atoms with Crippen LogP contribution in [0, 0.1) is 0 Å². The second kappa shape index (κ2) is 8.58. The molecule has 0 saturated carbocycles. The van der Waals surface area contributed by atoms with E-state index in [1.807, 2.05) is 59.6 Å². The summed E-state index contributed by atoms with van der Waals surface area (Å²) in [4.78, 5) is 6.50. The highest BCUT2D eigenvalue weighted by Crippen LogP contribution is 2.45. The first-order chi connectivity index (χ1) is 15.5. The minimum atomic E-state index is -0.277. The largest absolute Gasteiger partial charge is 0.506 e. The molecule has 32 heavy (non-hydrogen) atoms. The van der Waals surface area contributed by atoms with Crippen LogP contribution >= 0.6 is 39.7 Å². The van der Waals surface area contributed by atoms with Crippen molar-refractivity contribution in [1.82, 2.24) is 14.9 Å². The highest BCUT2D eigenvalue weighted by Gasteiger charge is 2.43. The number of nitrogens with zero attached hydrogens (tertiary/aromatic N) is 3. The first kappa shape index (κ1) is 21.0. The Hall–Kier alpha value is -2.87. The topological polar surface area (TPSA) is 53.3 Å². The number of thiocarbonyl (C=S) groups is 1. The van der Waals surface area contributed by atoms with E-state index >= 15 is 0 Å². The van der Waals surface area contributed by atoms with Gasteiger partial charge in [0, 0.05) is 33.3 Å². The van der Waals surface area contributed by atoms with Crippen LogP contribution in [0.3, 0.4) is 0 Å². The van der Waals surface area contributed by atoms with E-state index in [0.717, 1.165) is 21.5 Å². The van der Waals surface area contributed by atoms with Gasteiger partial charge in [0.05, 0.1) is 17.4 Å². The molecule has 0 bridgehead atoms. The molecule has 0 spiro atoms. The lowest BCUT2D eigenvalue weighted by atomic mass is 10.0. The molecule has 3 heterocycles. The van der Waals surface area contributed by atoms with Crippen LogP contribution in [0.25, 0.3) is 5.69 Å². The summed E-state index contributed by atoms with van der Waals surface area (Å²) in [6.07, 6.45) is 3.79. The van der Waals surface area contributed by atoms with Crippen LogP contribution in [0.1, 0.15) is 23.5 Å². The van der Waals surface area contributed by atoms with Gasteiger partial charge < -0.3 is 19.9 Å². The molecule has 0 amide bonds. The lowest BCUT2D eigenvalue weighted by molar-refractivity contribution is 0.472. The maximum atomic E-state index is 10.7. The predicted octanol–water partition coefficient (Wildman–Crippen LogP) is 6.17. The second-order valence-electron chi connectivity index (χ2n) is 7.41. The van der Waals surface area contributed by atoms with Crippen molar-refractivity contribution in [2.24, 2.45) is 0 Å². The van der Waals surface area contributed by atoms with Crippen LogP contribution in [0.2, 0.25) is 5.02 Å². The Balaban J connectivity index is 1.69. The molecule has 8 heteroatoms. The Morgan fingerprint density at radius 2 is 1.84 bits per heavy atom. The standard InChI is InChI=1S/C24H18BrClN4OS/c25-15-6-9-17(10-7-15)29-13-3-5-19(29)23-22(18-4-1-2-12-27-18)28-24(32)30(23)20-14-16(26)8-11-21(20)31/h1-14,22-23,31H,(H,28,32). The molecule has 0 aliphatic carbocycles. The third-order valence-corrected chi connectivity index (χ3v) is 6.56. The molecule has 160 valence electrons. The number of anilines is 1. The summed E-state index contributed by atoms with van der Waals surface area (Å²) in [5.74, 6) is 0.104. The smallest absolute Gasteiger partial charge is 0.174 e. The third-order valence-electron chi connectivity index (χ3n) is 5.48. The zero-order valence-electron chi connectivity index (χ0n) is 16.7. The van der Waals surface area contributed by atoms with Crippen molar-refractivity contribution in [3.05, 3.63) is 106 Å². The van der Waals surface area contributed by atoms with Gasteiger partial charge in [0.2, 0.25) is 0 Å². The van der Waals surface area contributed by atoms with E-state index in [2.05, 4.69) is 36.9 Å². The summed E-state index contributed by atoms with van der Waals surface area (Å²) in [6, 6.07) is 22.4. The highest BCUT2D eigenvalue weighted by atomic mass is 79.9. The van der Waals surface area contributed by atoms with Crippen molar-refractivity contribution in [2.45, 2.75) is 12.1 Å². The van der Waals surface area contributed by atoms with Crippen LogP contribution in [-0.4, -0.2) is 19.8 Å². The lowest BCUT2D eigenvalue weighted by Crippen LogP contribution is -2.30. The van der Waals surface area contributed by atoms with Gasteiger partial charge in [0.15, 0.2) is 5.11 Å². The molecule has 1 saturated heterocycles. The zero-order valence-corrected chi connectivity index (χ0v) is 19.8. The number of aromatic hydroxyl groups is 1. The lowest BCUT2D eigenvalue weighted by Gasteiger charge is -2.29. The second-order valence-corrected chi connectivity index (χ2v) is 9.15. The molecular weight excluding hydrogens is 508 g/mol. The molecule has 2 unspecified atom stereocenters. The number of pyridine rings is 1. The van der Waals surface area contributed by atoms with Gasteiger partial charge in [-0.1, -0.05) is 33.6 Å². The Morgan fingerprint density at radius 3 is 2.59 bits per heavy atom. The highest BCUT2D eigenvalue weighted by molar-refractivity contribution is 9.10. The molecule has 1 aliphatic rings. The summed E-state index contributed by atoms with van der Waals surface area (Å²) in [6.45, 7) is 0. The van der Waals surface area contributed by atoms with E-state index in [-0.39, 0.29) is 17.8 Å². The van der Waals surface area contributed by atoms with Crippen LogP contribution in [0.4, 0.5) is 5.69 Å². The third kappa shape index (κ3) is 3.77. The summed E-state index contributed by atoms with van der Waals surface area (Å²) < 4.78 is 3.13. The minimum Gasteiger partial charge on any atom is -0.506 e. The summed E-state index contributed by atoms with van der Waals surface area (Å²) in [5.41, 5.74) is 3.41. The molecule has 5 nitrogen and oxygen atoms in total. The fourth-order valence-electron chi connectivity index (χ4n) is 4.08. The SMILES string of the molecule is Oc1ccc(Cl)cc1N1C(=S)NC(c2ccccn2)C1c1cccn1-c1ccc(Br)cc1. The zero-order chi connectivity index (χ0) is 22.2. The summed E-state index contributed by atoms with van der Waals surface area (Å²) in [5, 5.41) is 15.1. The Morgan fingerprint density at radius 1 is 1.03 bits per heavy atom. The quantitative estimate of drug-likeness (QED) is 0.312. The first-order valence-corrected chi connectivity index (χ1v) is 11.5. The fourth-order valence-corrected chi connectivity index (χ4v) is 4.85. The molecule has 2 atom stereocenters. The normalized spacial score (nSPS) is 18.1. The van der Waals surface area contributed by atoms with Gasteiger partial charge in [-0.2, -0.15) is 0 Å². The number of rotatable bonds is 4. The number of benzene rings is 2. The van der Waals surface area contributed by atoms with Crippen LogP contribution in [0.5, 0.6) is 5.75 Å². The molecule has 2 aromatic carbocycles. The molecular formula is C24H18BrClN4OS. The van der Waals surface area contributed by atoms with Crippen molar-refractivity contribution < 1.29 is 5.11 Å². The average Bonchev–Trinajstić information content (AvgIpc) is 3.41. The molecule has 2 N–H and O–H groups in total. The maximum absolute atomic E-state index is 10.7. The summed E-state index contributed by atoms with van der Waals surface area (Å²) in [7, 11) is 0. The number of halogens is 2. The number of phenolic OH excluding ortho intramolecular Hbond substituents is 1. The molecule has 0 radical (unpaired) electrons. The minimum absolute atomic E-state index is 0.104. The van der Waals surface area contributed by atoms with E-state index in [4.69, 9.17) is 23.8 Å². The first-order valence-electron chi connectivity index (χ1n) is 9.95. The molecule has 5 rings (SSSR count). The maximum Gasteiger partial charge on any atom is 0.174 e. The van der Waals surface area contributed by atoms with Crippen LogP contribution < -0.4 is 10.2 Å². The van der Waals surface area contributed by atoms with Gasteiger partial charge in [-0.3, -0.25) is 4.98 Å². The number of phenols is 1. The van der Waals surface area contributed by atoms with Crippen LogP contribution in [-0.2, 0) is 0 Å². The summed E-state index contributed by atoms with van der Waals surface area (Å²) >= 11 is 15.5. The Labute approximate surface area is 204 Å². The van der Waals surface area contributed by atoms with Crippen LogP contribution in [0.15, 0.2) is 89.7 Å². The van der Waals surface area contributed by atoms with Crippen molar-refractivity contribution >= 4 is 50.5 Å². The van der Waals surface area contributed by atoms with E-state index in [9.17, 15) is 5.11 Å². The molecule has 1 aliphatic heterocycles. The number of hydrogen-bond donors (Lipinski definition) is 2. The van der Waals surface area contributed by atoms with E-state index in [0.29, 0.717) is 15.8 Å². The van der Waals surface area contributed by atoms with E-state index in [1.54, 1.807) is 24.4 Å². The number of hydrogen-bond acceptors (Lipinski definition) is 3. The van der Waals surface area contributed by atoms with Gasteiger partial charge in [-0.05, 0) is 78.9 Å². The molecule has 1 fully saturated rings. The van der Waals surface area contributed by atoms with Gasteiger partial charge in [0.1, 0.15) is 11.8 Å². The fraction of sp³-hybridized carbons (Fsp3) is 0.0833. The molecule has 2 aromatic heterocycles. The van der Waals surface area contributed by atoms with Crippen molar-refractivity contribution in [3.8, 4) is 11.4 Å². The van der Waals surface area contributed by atoms with Gasteiger partial charge in [0.25, 0.3) is 0 Å². The van der Waals surface area contributed by atoms with Crippen molar-refractivity contribution in [1.29, 1.82) is 0 Å². The van der Waals surface area contributed by atoms with Gasteiger partial charge >= 0.3 is 0 Å². The molecule has 4 aromatic rings. The Bertz CT molecular complexity index is 1280. The van der Waals surface area contributed by atoms with Gasteiger partial charge in [-0.25, -0.2) is 0 Å². The monoisotopic (exact) mass is 524 g/mol.